The van der Waals surface area contributed by atoms with Crippen LogP contribution in [0.3, 0.4) is 0 Å². The first-order chi connectivity index (χ1) is 23.3. The highest BCUT2D eigenvalue weighted by atomic mass is 35.5. The van der Waals surface area contributed by atoms with Crippen molar-refractivity contribution in [3.8, 4) is 6.07 Å². The van der Waals surface area contributed by atoms with Gasteiger partial charge in [-0.15, -0.1) is 0 Å². The number of nitriles is 1. The van der Waals surface area contributed by atoms with Gasteiger partial charge in [0, 0.05) is 47.5 Å². The van der Waals surface area contributed by atoms with Crippen LogP contribution in [0.2, 0.25) is 5.02 Å². The minimum absolute atomic E-state index is 0.0694. The average molecular weight is 670 g/mol. The lowest BCUT2D eigenvalue weighted by molar-refractivity contribution is -0.132. The maximum Gasteiger partial charge on any atom is 0.282 e. The number of aliphatic imine (C=N–C) groups is 2. The zero-order valence-corrected chi connectivity index (χ0v) is 27.1. The second-order valence-electron chi connectivity index (χ2n) is 12.9. The van der Waals surface area contributed by atoms with E-state index in [9.17, 15) is 14.4 Å². The summed E-state index contributed by atoms with van der Waals surface area (Å²) in [4.78, 5) is 31.2. The molecule has 9 nitrogen and oxygen atoms in total. The van der Waals surface area contributed by atoms with Crippen LogP contribution in [0, 0.1) is 23.8 Å². The molecule has 0 aromatic heterocycles. The van der Waals surface area contributed by atoms with Crippen LogP contribution < -0.4 is 0 Å². The van der Waals surface area contributed by atoms with E-state index in [4.69, 9.17) is 27.9 Å². The molecule has 0 N–H and O–H groups in total. The number of piperazine rings is 1. The minimum Gasteiger partial charge on any atom is -0.475 e. The maximum absolute atomic E-state index is 17.0. The number of rotatable bonds is 6. The first kappa shape index (κ1) is 32.0. The Balaban J connectivity index is 1.30. The van der Waals surface area contributed by atoms with Crippen LogP contribution >= 0.6 is 11.6 Å². The molecule has 12 heteroatoms. The monoisotopic (exact) mass is 669 g/mol. The largest absolute Gasteiger partial charge is 0.475 e. The number of nitrogens with zero attached hydrogens (tertiary/aromatic N) is 7. The number of carbonyl (C=O) groups is 1. The predicted molar refractivity (Wildman–Crippen MR) is 180 cm³/mol. The van der Waals surface area contributed by atoms with Gasteiger partial charge in [-0.25, -0.2) is 20.3 Å². The van der Waals surface area contributed by atoms with Gasteiger partial charge in [-0.1, -0.05) is 48.5 Å². The van der Waals surface area contributed by atoms with Gasteiger partial charge in [0.15, 0.2) is 11.7 Å². The lowest BCUT2D eigenvalue weighted by Gasteiger charge is -2.44. The molecule has 0 bridgehead atoms. The Hall–Kier alpha value is -4.58. The standard InChI is InChI=1S/C36H34ClF2N7O2/c1-22(38)35(47)46-16-15-44(20-24(46)18-41-2)33-26(17-40)34(48-21-36-11-5-13-45(36)14-6-12-36)43-32-27(33)19-42-31(30(32)39)25-9-3-7-23-8-4-10-28(37)29(23)25/h3-4,7-10,19,24,27,32H,1,5-6,11-16,18,20-21H2/t24-,27?,32?/m0/s1. The Morgan fingerprint density at radius 3 is 2.65 bits per heavy atom. The van der Waals surface area contributed by atoms with Crippen molar-refractivity contribution in [3.05, 3.63) is 87.9 Å². The molecule has 0 saturated carbocycles. The highest BCUT2D eigenvalue weighted by Crippen LogP contribution is 2.44. The molecule has 2 unspecified atom stereocenters. The van der Waals surface area contributed by atoms with Gasteiger partial charge in [0.05, 0.1) is 11.5 Å². The third-order valence-electron chi connectivity index (χ3n) is 10.4. The Labute approximate surface area is 282 Å². The van der Waals surface area contributed by atoms with E-state index in [-0.39, 0.29) is 48.9 Å². The fraction of sp³-hybridized carbons (Fsp3) is 0.417. The topological polar surface area (TPSA) is 88.9 Å². The van der Waals surface area contributed by atoms with Gasteiger partial charge in [-0.2, -0.15) is 5.26 Å². The van der Waals surface area contributed by atoms with Crippen LogP contribution in [-0.2, 0) is 9.53 Å². The van der Waals surface area contributed by atoms with Crippen LogP contribution in [0.15, 0.2) is 75.9 Å². The van der Waals surface area contributed by atoms with Crippen LogP contribution in [0.25, 0.3) is 21.3 Å². The van der Waals surface area contributed by atoms with Gasteiger partial charge in [0.1, 0.15) is 36.0 Å². The van der Waals surface area contributed by atoms with E-state index in [1.54, 1.807) is 18.3 Å². The molecular formula is C36H34ClF2N7O2. The van der Waals surface area contributed by atoms with E-state index >= 15 is 4.39 Å². The van der Waals surface area contributed by atoms with Gasteiger partial charge >= 0.3 is 0 Å². The molecular weight excluding hydrogens is 636 g/mol. The van der Waals surface area contributed by atoms with E-state index in [0.717, 1.165) is 44.2 Å². The molecule has 5 aliphatic rings. The van der Waals surface area contributed by atoms with E-state index in [1.807, 2.05) is 29.2 Å². The zero-order chi connectivity index (χ0) is 33.6. The fourth-order valence-electron chi connectivity index (χ4n) is 8.12. The maximum atomic E-state index is 17.0. The SMILES string of the molecule is [C-]#[N+]C[C@H]1CN(C2=C(C#N)C(OCC34CCCN3CCC4)=NC3C(F)=C(c4cccc5cccc(Cl)c45)N=CC23)CCN1C(=O)C(=C)F. The van der Waals surface area contributed by atoms with Gasteiger partial charge in [-0.3, -0.25) is 14.7 Å². The Morgan fingerprint density at radius 2 is 1.94 bits per heavy atom. The summed E-state index contributed by atoms with van der Waals surface area (Å²) in [6.07, 6.45) is 5.70. The van der Waals surface area contributed by atoms with Gasteiger partial charge < -0.3 is 19.4 Å². The molecule has 3 saturated heterocycles. The van der Waals surface area contributed by atoms with Crippen LogP contribution in [-0.4, -0.2) is 96.2 Å². The quantitative estimate of drug-likeness (QED) is 0.280. The van der Waals surface area contributed by atoms with Gasteiger partial charge in [0.25, 0.3) is 5.91 Å². The summed E-state index contributed by atoms with van der Waals surface area (Å²) in [6.45, 7) is 13.3. The molecule has 7 rings (SSSR count). The fourth-order valence-corrected chi connectivity index (χ4v) is 8.40. The van der Waals surface area contributed by atoms with Crippen molar-refractivity contribution in [3.63, 3.8) is 0 Å². The second-order valence-corrected chi connectivity index (χ2v) is 13.4. The first-order valence-electron chi connectivity index (χ1n) is 16.2. The number of carbonyl (C=O) groups excluding carboxylic acids is 1. The molecule has 3 atom stereocenters. The van der Waals surface area contributed by atoms with Crippen LogP contribution in [0.5, 0.6) is 0 Å². The molecule has 246 valence electrons. The summed E-state index contributed by atoms with van der Waals surface area (Å²) >= 11 is 6.62. The molecule has 2 aromatic carbocycles. The summed E-state index contributed by atoms with van der Waals surface area (Å²) in [7, 11) is 0. The molecule has 2 aromatic rings. The number of benzene rings is 2. The van der Waals surface area contributed by atoms with Crippen molar-refractivity contribution in [2.24, 2.45) is 15.9 Å². The smallest absolute Gasteiger partial charge is 0.282 e. The highest BCUT2D eigenvalue weighted by Gasteiger charge is 2.48. The summed E-state index contributed by atoms with van der Waals surface area (Å²) in [6, 6.07) is 11.5. The van der Waals surface area contributed by atoms with Gasteiger partial charge in [0.2, 0.25) is 12.4 Å². The summed E-state index contributed by atoms with van der Waals surface area (Å²) < 4.78 is 37.4. The predicted octanol–water partition coefficient (Wildman–Crippen LogP) is 5.95. The van der Waals surface area contributed by atoms with Crippen LogP contribution in [0.4, 0.5) is 8.78 Å². The Morgan fingerprint density at radius 1 is 1.19 bits per heavy atom. The minimum atomic E-state index is -1.10. The molecule has 3 fully saturated rings. The lowest BCUT2D eigenvalue weighted by Crippen LogP contribution is -2.57. The highest BCUT2D eigenvalue weighted by molar-refractivity contribution is 6.36. The van der Waals surface area contributed by atoms with Crippen molar-refractivity contribution >= 4 is 46.1 Å². The number of hydrogen-bond acceptors (Lipinski definition) is 7. The number of amides is 1. The number of dihydropyridines is 1. The van der Waals surface area contributed by atoms with Crippen molar-refractivity contribution in [1.82, 2.24) is 14.7 Å². The van der Waals surface area contributed by atoms with Gasteiger partial charge in [-0.05, 0) is 50.2 Å². The van der Waals surface area contributed by atoms with Crippen LogP contribution in [0.1, 0.15) is 31.2 Å². The molecule has 0 spiro atoms. The van der Waals surface area contributed by atoms with Crippen molar-refractivity contribution in [2.45, 2.75) is 43.3 Å². The normalized spacial score (nSPS) is 25.0. The van der Waals surface area contributed by atoms with Crippen molar-refractivity contribution in [1.29, 1.82) is 5.26 Å². The summed E-state index contributed by atoms with van der Waals surface area (Å²) in [5.41, 5.74) is 1.13. The Bertz CT molecular complexity index is 1890. The summed E-state index contributed by atoms with van der Waals surface area (Å²) in [5, 5.41) is 12.6. The third-order valence-corrected chi connectivity index (χ3v) is 10.7. The molecule has 0 radical (unpaired) electrons. The zero-order valence-electron chi connectivity index (χ0n) is 26.3. The number of halogens is 3. The van der Waals surface area contributed by atoms with E-state index in [1.165, 1.54) is 4.90 Å². The lowest BCUT2D eigenvalue weighted by atomic mass is 9.85. The molecule has 5 aliphatic heterocycles. The van der Waals surface area contributed by atoms with Crippen molar-refractivity contribution in [2.75, 3.05) is 45.9 Å². The molecule has 0 aliphatic carbocycles. The van der Waals surface area contributed by atoms with Crippen molar-refractivity contribution < 1.29 is 18.3 Å². The first-order valence-corrected chi connectivity index (χ1v) is 16.6. The average Bonchev–Trinajstić information content (AvgIpc) is 3.67. The molecule has 48 heavy (non-hydrogen) atoms. The van der Waals surface area contributed by atoms with E-state index in [2.05, 4.69) is 27.4 Å². The number of ether oxygens (including phenoxy) is 1. The Kier molecular flexibility index (Phi) is 8.53. The van der Waals surface area contributed by atoms with E-state index < -0.39 is 35.6 Å². The molecule has 1 amide bonds. The number of fused-ring (bicyclic) bond motifs is 3. The van der Waals surface area contributed by atoms with E-state index in [0.29, 0.717) is 28.3 Å². The second kappa shape index (κ2) is 12.8. The third kappa shape index (κ3) is 5.35. The number of hydrogen-bond donors (Lipinski definition) is 0. The molecule has 5 heterocycles. The summed E-state index contributed by atoms with van der Waals surface area (Å²) in [5.74, 6) is -3.24.